The molecule has 1 aromatic rings. The lowest BCUT2D eigenvalue weighted by molar-refractivity contribution is -0.142. The summed E-state index contributed by atoms with van der Waals surface area (Å²) in [6.07, 6.45) is 3.80. The molecule has 0 saturated heterocycles. The molecule has 128 valence electrons. The maximum atomic E-state index is 10.4. The van der Waals surface area contributed by atoms with Gasteiger partial charge in [0, 0.05) is 11.8 Å². The number of fused-ring (bicyclic) bond motifs is 1. The number of hydrogen-bond acceptors (Lipinski definition) is 5. The maximum absolute atomic E-state index is 10.4. The monoisotopic (exact) mass is 331 g/mol. The molecule has 0 aromatic heterocycles. The minimum Gasteiger partial charge on any atom is -0.479 e. The molecule has 3 rings (SSSR count). The SMILES string of the molecule is O=C(O)CON=C1C[C@H]2C(O)C(C=CC(O)c3ccccc3)C[C@H]12. The Morgan fingerprint density at radius 1 is 1.38 bits per heavy atom. The third-order valence-electron chi connectivity index (χ3n) is 4.84. The molecule has 3 unspecified atom stereocenters. The van der Waals surface area contributed by atoms with E-state index in [1.165, 1.54) is 0 Å². The standard InChI is InChI=1S/C18H21NO5/c20-16(11-4-2-1-3-5-11)7-6-12-8-13-14(18(12)23)9-15(13)19-24-10-17(21)22/h1-7,12-14,16,18,20,23H,8-10H2,(H,21,22)/t12?,13-,14+,16?,18?/m0/s1. The number of benzene rings is 1. The van der Waals surface area contributed by atoms with Crippen LogP contribution in [-0.4, -0.2) is 39.7 Å². The van der Waals surface area contributed by atoms with Crippen molar-refractivity contribution >= 4 is 11.7 Å². The maximum Gasteiger partial charge on any atom is 0.344 e. The summed E-state index contributed by atoms with van der Waals surface area (Å²) in [5, 5.41) is 33.0. The van der Waals surface area contributed by atoms with Crippen LogP contribution in [0.1, 0.15) is 24.5 Å². The average Bonchev–Trinajstić information content (AvgIpc) is 2.81. The normalized spacial score (nSPS) is 31.7. The van der Waals surface area contributed by atoms with Gasteiger partial charge in [0.25, 0.3) is 0 Å². The van der Waals surface area contributed by atoms with Crippen molar-refractivity contribution < 1.29 is 25.0 Å². The second-order valence-electron chi connectivity index (χ2n) is 6.35. The van der Waals surface area contributed by atoms with Gasteiger partial charge >= 0.3 is 5.97 Å². The number of aliphatic carboxylic acids is 1. The van der Waals surface area contributed by atoms with Crippen molar-refractivity contribution in [2.75, 3.05) is 6.61 Å². The van der Waals surface area contributed by atoms with Crippen LogP contribution in [-0.2, 0) is 9.63 Å². The Hall–Kier alpha value is -2.18. The lowest BCUT2D eigenvalue weighted by atomic mass is 9.73. The molecule has 2 aliphatic carbocycles. The Bertz CT molecular complexity index is 642. The minimum atomic E-state index is -1.06. The molecule has 5 atom stereocenters. The van der Waals surface area contributed by atoms with Crippen molar-refractivity contribution in [1.29, 1.82) is 0 Å². The predicted octanol–water partition coefficient (Wildman–Crippen LogP) is 1.75. The molecule has 6 heteroatoms. The summed E-state index contributed by atoms with van der Waals surface area (Å²) in [5.74, 6) is -0.819. The molecule has 1 aromatic carbocycles. The first-order valence-corrected chi connectivity index (χ1v) is 8.06. The number of carbonyl (C=O) groups is 1. The van der Waals surface area contributed by atoms with E-state index in [2.05, 4.69) is 5.16 Å². The van der Waals surface area contributed by atoms with Gasteiger partial charge in [-0.05, 0) is 24.3 Å². The van der Waals surface area contributed by atoms with Crippen LogP contribution in [0.4, 0.5) is 0 Å². The highest BCUT2D eigenvalue weighted by atomic mass is 16.6. The molecule has 0 aliphatic heterocycles. The van der Waals surface area contributed by atoms with Crippen molar-refractivity contribution in [3.63, 3.8) is 0 Å². The van der Waals surface area contributed by atoms with Crippen molar-refractivity contribution in [3.8, 4) is 0 Å². The van der Waals surface area contributed by atoms with Gasteiger partial charge in [0.05, 0.1) is 17.9 Å². The Balaban J connectivity index is 1.57. The zero-order chi connectivity index (χ0) is 17.1. The van der Waals surface area contributed by atoms with Gasteiger partial charge in [0.2, 0.25) is 6.61 Å². The number of carboxylic acid groups (broad SMARTS) is 1. The number of carboxylic acids is 1. The summed E-state index contributed by atoms with van der Waals surface area (Å²) < 4.78 is 0. The third-order valence-corrected chi connectivity index (χ3v) is 4.84. The highest BCUT2D eigenvalue weighted by molar-refractivity contribution is 5.93. The number of nitrogens with zero attached hydrogens (tertiary/aromatic N) is 1. The van der Waals surface area contributed by atoms with E-state index >= 15 is 0 Å². The van der Waals surface area contributed by atoms with Gasteiger partial charge in [-0.2, -0.15) is 0 Å². The molecular formula is C18H21NO5. The number of oxime groups is 1. The average molecular weight is 331 g/mol. The number of aliphatic hydroxyl groups is 2. The van der Waals surface area contributed by atoms with Crippen LogP contribution in [0.2, 0.25) is 0 Å². The van der Waals surface area contributed by atoms with E-state index in [-0.39, 0.29) is 17.8 Å². The summed E-state index contributed by atoms with van der Waals surface area (Å²) in [7, 11) is 0. The minimum absolute atomic E-state index is 0.0365. The van der Waals surface area contributed by atoms with Crippen molar-refractivity contribution in [2.45, 2.75) is 25.0 Å². The number of hydrogen-bond donors (Lipinski definition) is 3. The van der Waals surface area contributed by atoms with Gasteiger partial charge < -0.3 is 20.2 Å². The van der Waals surface area contributed by atoms with E-state index in [1.54, 1.807) is 6.08 Å². The van der Waals surface area contributed by atoms with E-state index in [0.29, 0.717) is 6.42 Å². The predicted molar refractivity (Wildman–Crippen MR) is 87.3 cm³/mol. The summed E-state index contributed by atoms with van der Waals surface area (Å²) in [5.41, 5.74) is 1.63. The molecule has 3 N–H and O–H groups in total. The van der Waals surface area contributed by atoms with E-state index in [9.17, 15) is 15.0 Å². The molecule has 2 aliphatic rings. The largest absolute Gasteiger partial charge is 0.479 e. The first-order chi connectivity index (χ1) is 11.6. The number of rotatable bonds is 6. The van der Waals surface area contributed by atoms with Gasteiger partial charge in [-0.1, -0.05) is 47.6 Å². The lowest BCUT2D eigenvalue weighted by Gasteiger charge is -2.33. The molecule has 0 radical (unpaired) electrons. The smallest absolute Gasteiger partial charge is 0.344 e. The van der Waals surface area contributed by atoms with Crippen LogP contribution in [0.3, 0.4) is 0 Å². The quantitative estimate of drug-likeness (QED) is 0.545. The highest BCUT2D eigenvalue weighted by Gasteiger charge is 2.51. The van der Waals surface area contributed by atoms with Crippen molar-refractivity contribution in [1.82, 2.24) is 0 Å². The van der Waals surface area contributed by atoms with Crippen LogP contribution in [0, 0.1) is 17.8 Å². The molecule has 0 bridgehead atoms. The summed E-state index contributed by atoms with van der Waals surface area (Å²) >= 11 is 0. The first-order valence-electron chi connectivity index (χ1n) is 8.06. The number of aliphatic hydroxyl groups excluding tert-OH is 2. The van der Waals surface area contributed by atoms with Crippen molar-refractivity contribution in [3.05, 3.63) is 48.0 Å². The van der Waals surface area contributed by atoms with Crippen LogP contribution < -0.4 is 0 Å². The van der Waals surface area contributed by atoms with Gasteiger partial charge in [0.15, 0.2) is 0 Å². The Morgan fingerprint density at radius 3 is 2.83 bits per heavy atom. The second-order valence-corrected chi connectivity index (χ2v) is 6.35. The van der Waals surface area contributed by atoms with Gasteiger partial charge in [-0.25, -0.2) is 4.79 Å². The molecular weight excluding hydrogens is 310 g/mol. The van der Waals surface area contributed by atoms with Crippen molar-refractivity contribution in [2.24, 2.45) is 22.9 Å². The van der Waals surface area contributed by atoms with E-state index in [4.69, 9.17) is 9.94 Å². The molecule has 24 heavy (non-hydrogen) atoms. The molecule has 0 amide bonds. The molecule has 2 fully saturated rings. The highest BCUT2D eigenvalue weighted by Crippen LogP contribution is 2.48. The molecule has 2 saturated carbocycles. The van der Waals surface area contributed by atoms with Crippen LogP contribution in [0.15, 0.2) is 47.6 Å². The summed E-state index contributed by atoms with van der Waals surface area (Å²) in [6.45, 7) is -0.448. The molecule has 0 heterocycles. The van der Waals surface area contributed by atoms with Crippen LogP contribution in [0.25, 0.3) is 0 Å². The summed E-state index contributed by atoms with van der Waals surface area (Å²) in [4.78, 5) is 15.2. The lowest BCUT2D eigenvalue weighted by Crippen LogP contribution is -2.38. The second kappa shape index (κ2) is 7.15. The topological polar surface area (TPSA) is 99.4 Å². The van der Waals surface area contributed by atoms with E-state index < -0.39 is 24.8 Å². The van der Waals surface area contributed by atoms with Crippen LogP contribution >= 0.6 is 0 Å². The zero-order valence-corrected chi connectivity index (χ0v) is 13.2. The molecule has 6 nitrogen and oxygen atoms in total. The Kier molecular flexibility index (Phi) is 4.97. The van der Waals surface area contributed by atoms with Crippen LogP contribution in [0.5, 0.6) is 0 Å². The zero-order valence-electron chi connectivity index (χ0n) is 13.2. The Labute approximate surface area is 140 Å². The fourth-order valence-corrected chi connectivity index (χ4v) is 3.52. The Morgan fingerprint density at radius 2 is 2.12 bits per heavy atom. The third kappa shape index (κ3) is 3.49. The molecule has 0 spiro atoms. The first kappa shape index (κ1) is 16.7. The van der Waals surface area contributed by atoms with Gasteiger partial charge in [0.1, 0.15) is 0 Å². The van der Waals surface area contributed by atoms with Gasteiger partial charge in [-0.15, -0.1) is 0 Å². The fraction of sp³-hybridized carbons (Fsp3) is 0.444. The van der Waals surface area contributed by atoms with E-state index in [1.807, 2.05) is 36.4 Å². The summed E-state index contributed by atoms with van der Waals surface area (Å²) in [6, 6.07) is 9.35. The fourth-order valence-electron chi connectivity index (χ4n) is 3.52. The van der Waals surface area contributed by atoms with E-state index in [0.717, 1.165) is 17.7 Å². The van der Waals surface area contributed by atoms with Gasteiger partial charge in [-0.3, -0.25) is 0 Å².